The van der Waals surface area contributed by atoms with E-state index in [0.29, 0.717) is 28.2 Å². The Morgan fingerprint density at radius 2 is 1.79 bits per heavy atom. The number of aromatic nitrogens is 2. The summed E-state index contributed by atoms with van der Waals surface area (Å²) in [7, 11) is 0. The van der Waals surface area contributed by atoms with Gasteiger partial charge in [0, 0.05) is 12.1 Å². The Balaban J connectivity index is 1.76. The number of thioether (sulfide) groups is 1. The van der Waals surface area contributed by atoms with E-state index in [1.54, 1.807) is 47.0 Å². The number of amides is 2. The highest BCUT2D eigenvalue weighted by molar-refractivity contribution is 7.99. The van der Waals surface area contributed by atoms with Gasteiger partial charge in [-0.15, -0.1) is 0 Å². The Kier molecular flexibility index (Phi) is 6.60. The van der Waals surface area contributed by atoms with Gasteiger partial charge >= 0.3 is 0 Å². The van der Waals surface area contributed by atoms with Gasteiger partial charge in [0.05, 0.1) is 16.7 Å². The predicted molar refractivity (Wildman–Crippen MR) is 111 cm³/mol. The molecular weight excluding hydrogens is 374 g/mol. The number of unbranched alkanes of at least 4 members (excludes halogenated alkanes) is 1. The molecule has 0 saturated carbocycles. The van der Waals surface area contributed by atoms with Gasteiger partial charge in [-0.1, -0.05) is 55.4 Å². The minimum atomic E-state index is -0.443. The van der Waals surface area contributed by atoms with Crippen molar-refractivity contribution in [2.75, 3.05) is 5.75 Å². The normalized spacial score (nSPS) is 10.8. The molecule has 0 aliphatic carbocycles. The molecule has 0 bridgehead atoms. The number of rotatable bonds is 7. The molecule has 0 saturated heterocycles. The quantitative estimate of drug-likeness (QED) is 0.491. The fourth-order valence-corrected chi connectivity index (χ4v) is 3.55. The number of carbonyl (C=O) groups excluding carboxylic acids is 2. The van der Waals surface area contributed by atoms with Crippen LogP contribution in [0.2, 0.25) is 0 Å². The molecule has 28 heavy (non-hydrogen) atoms. The van der Waals surface area contributed by atoms with E-state index in [2.05, 4.69) is 17.2 Å². The molecule has 0 radical (unpaired) electrons. The summed E-state index contributed by atoms with van der Waals surface area (Å²) in [6.45, 7) is 2.59. The van der Waals surface area contributed by atoms with Crippen LogP contribution >= 0.6 is 11.8 Å². The number of carbonyl (C=O) groups is 2. The van der Waals surface area contributed by atoms with Crippen molar-refractivity contribution in [3.05, 3.63) is 70.5 Å². The van der Waals surface area contributed by atoms with Gasteiger partial charge in [-0.2, -0.15) is 0 Å². The third-order valence-electron chi connectivity index (χ3n) is 4.18. The SMILES string of the molecule is CCCCn1c(SCC(=O)NC(=O)c2ccccc2)nc2ccccc2c1=O. The molecule has 3 rings (SSSR count). The van der Waals surface area contributed by atoms with Gasteiger partial charge in [0.1, 0.15) is 0 Å². The summed E-state index contributed by atoms with van der Waals surface area (Å²) in [5.74, 6) is -0.875. The smallest absolute Gasteiger partial charge is 0.262 e. The lowest BCUT2D eigenvalue weighted by atomic mass is 10.2. The molecule has 2 amide bonds. The summed E-state index contributed by atoms with van der Waals surface area (Å²) < 4.78 is 1.61. The molecule has 1 N–H and O–H groups in total. The van der Waals surface area contributed by atoms with E-state index in [0.717, 1.165) is 24.6 Å². The highest BCUT2D eigenvalue weighted by Crippen LogP contribution is 2.18. The van der Waals surface area contributed by atoms with Crippen LogP contribution in [0.15, 0.2) is 64.5 Å². The number of imide groups is 1. The van der Waals surface area contributed by atoms with Crippen molar-refractivity contribution in [3.8, 4) is 0 Å². The van der Waals surface area contributed by atoms with E-state index in [1.807, 2.05) is 12.1 Å². The number of nitrogens with zero attached hydrogens (tertiary/aromatic N) is 2. The van der Waals surface area contributed by atoms with E-state index in [4.69, 9.17) is 0 Å². The topological polar surface area (TPSA) is 81.1 Å². The van der Waals surface area contributed by atoms with Crippen LogP contribution in [0, 0.1) is 0 Å². The molecule has 144 valence electrons. The largest absolute Gasteiger partial charge is 0.292 e. The molecule has 1 heterocycles. The monoisotopic (exact) mass is 395 g/mol. The molecule has 6 nitrogen and oxygen atoms in total. The first kappa shape index (κ1) is 19.8. The summed E-state index contributed by atoms with van der Waals surface area (Å²) in [5.41, 5.74) is 0.912. The molecule has 0 unspecified atom stereocenters. The van der Waals surface area contributed by atoms with E-state index in [-0.39, 0.29) is 11.3 Å². The van der Waals surface area contributed by atoms with E-state index < -0.39 is 11.8 Å². The molecule has 0 aliphatic heterocycles. The highest BCUT2D eigenvalue weighted by Gasteiger charge is 2.15. The number of hydrogen-bond acceptors (Lipinski definition) is 5. The maximum Gasteiger partial charge on any atom is 0.262 e. The maximum atomic E-state index is 12.8. The van der Waals surface area contributed by atoms with Crippen molar-refractivity contribution in [1.82, 2.24) is 14.9 Å². The molecule has 1 aromatic heterocycles. The number of para-hydroxylation sites is 1. The van der Waals surface area contributed by atoms with E-state index >= 15 is 0 Å². The zero-order valence-electron chi connectivity index (χ0n) is 15.6. The summed E-state index contributed by atoms with van der Waals surface area (Å²) in [6.07, 6.45) is 1.78. The minimum Gasteiger partial charge on any atom is -0.292 e. The van der Waals surface area contributed by atoms with Gasteiger partial charge in [-0.25, -0.2) is 4.98 Å². The predicted octanol–water partition coefficient (Wildman–Crippen LogP) is 3.25. The van der Waals surface area contributed by atoms with Gasteiger partial charge in [0.25, 0.3) is 11.5 Å². The number of hydrogen-bond donors (Lipinski definition) is 1. The van der Waals surface area contributed by atoms with Crippen LogP contribution in [0.4, 0.5) is 0 Å². The Hall–Kier alpha value is -2.93. The van der Waals surface area contributed by atoms with Gasteiger partial charge < -0.3 is 0 Å². The second kappa shape index (κ2) is 9.32. The van der Waals surface area contributed by atoms with Crippen molar-refractivity contribution in [2.24, 2.45) is 0 Å². The molecule has 7 heteroatoms. The lowest BCUT2D eigenvalue weighted by molar-refractivity contribution is -0.117. The highest BCUT2D eigenvalue weighted by atomic mass is 32.2. The first-order valence-electron chi connectivity index (χ1n) is 9.11. The van der Waals surface area contributed by atoms with Crippen LogP contribution < -0.4 is 10.9 Å². The van der Waals surface area contributed by atoms with Crippen LogP contribution in [-0.4, -0.2) is 27.1 Å². The fraction of sp³-hybridized carbons (Fsp3) is 0.238. The molecule has 2 aromatic carbocycles. The van der Waals surface area contributed by atoms with Gasteiger partial charge in [-0.3, -0.25) is 24.3 Å². The average Bonchev–Trinajstić information content (AvgIpc) is 2.72. The first-order valence-corrected chi connectivity index (χ1v) is 10.1. The molecule has 0 fully saturated rings. The third kappa shape index (κ3) is 4.67. The zero-order valence-corrected chi connectivity index (χ0v) is 16.4. The molecule has 0 aliphatic rings. The lowest BCUT2D eigenvalue weighted by Crippen LogP contribution is -2.32. The Morgan fingerprint density at radius 1 is 1.07 bits per heavy atom. The standard InChI is InChI=1S/C21H21N3O3S/c1-2-3-13-24-20(27)16-11-7-8-12-17(16)22-21(24)28-14-18(25)23-19(26)15-9-5-4-6-10-15/h4-12H,2-3,13-14H2,1H3,(H,23,25,26). The molecule has 3 aromatic rings. The van der Waals surface area contributed by atoms with Crippen molar-refractivity contribution in [3.63, 3.8) is 0 Å². The zero-order chi connectivity index (χ0) is 19.9. The van der Waals surface area contributed by atoms with Crippen LogP contribution in [0.1, 0.15) is 30.1 Å². The van der Waals surface area contributed by atoms with Crippen LogP contribution in [0.5, 0.6) is 0 Å². The van der Waals surface area contributed by atoms with E-state index in [9.17, 15) is 14.4 Å². The summed E-state index contributed by atoms with van der Waals surface area (Å²) in [5, 5.41) is 3.41. The van der Waals surface area contributed by atoms with Crippen molar-refractivity contribution in [2.45, 2.75) is 31.5 Å². The summed E-state index contributed by atoms with van der Waals surface area (Å²) in [4.78, 5) is 41.7. The minimum absolute atomic E-state index is 0.00449. The van der Waals surface area contributed by atoms with Crippen molar-refractivity contribution < 1.29 is 9.59 Å². The average molecular weight is 395 g/mol. The fourth-order valence-electron chi connectivity index (χ4n) is 2.73. The Bertz CT molecular complexity index is 1050. The number of fused-ring (bicyclic) bond motifs is 1. The van der Waals surface area contributed by atoms with Gasteiger partial charge in [-0.05, 0) is 30.7 Å². The van der Waals surface area contributed by atoms with Gasteiger partial charge in [0.2, 0.25) is 5.91 Å². The summed E-state index contributed by atoms with van der Waals surface area (Å²) in [6, 6.07) is 15.7. The number of benzene rings is 2. The number of nitrogens with one attached hydrogen (secondary N) is 1. The molecule has 0 spiro atoms. The first-order chi connectivity index (χ1) is 13.6. The summed E-state index contributed by atoms with van der Waals surface area (Å²) >= 11 is 1.16. The second-order valence-corrected chi connectivity index (χ2v) is 7.20. The molecular formula is C21H21N3O3S. The lowest BCUT2D eigenvalue weighted by Gasteiger charge is -2.12. The van der Waals surface area contributed by atoms with Gasteiger partial charge in [0.15, 0.2) is 5.16 Å². The van der Waals surface area contributed by atoms with Crippen molar-refractivity contribution in [1.29, 1.82) is 0 Å². The Labute approximate surface area is 167 Å². The van der Waals surface area contributed by atoms with Crippen LogP contribution in [-0.2, 0) is 11.3 Å². The Morgan fingerprint density at radius 3 is 2.54 bits per heavy atom. The maximum absolute atomic E-state index is 12.8. The van der Waals surface area contributed by atoms with E-state index in [1.165, 1.54) is 0 Å². The molecule has 0 atom stereocenters. The third-order valence-corrected chi connectivity index (χ3v) is 5.16. The van der Waals surface area contributed by atoms with Crippen LogP contribution in [0.25, 0.3) is 10.9 Å². The second-order valence-electron chi connectivity index (χ2n) is 6.25. The van der Waals surface area contributed by atoms with Crippen molar-refractivity contribution >= 4 is 34.5 Å². The van der Waals surface area contributed by atoms with Crippen LogP contribution in [0.3, 0.4) is 0 Å².